The molecule has 1 N–H and O–H groups in total. The van der Waals surface area contributed by atoms with Crippen molar-refractivity contribution < 1.29 is 0 Å². The first-order valence-corrected chi connectivity index (χ1v) is 6.11. The van der Waals surface area contributed by atoms with Gasteiger partial charge in [-0.1, -0.05) is 48.0 Å². The molecule has 2 aromatic carbocycles. The molecule has 0 fully saturated rings. The van der Waals surface area contributed by atoms with Gasteiger partial charge < -0.3 is 5.32 Å². The molecule has 17 heavy (non-hydrogen) atoms. The third-order valence-electron chi connectivity index (χ3n) is 3.84. The summed E-state index contributed by atoms with van der Waals surface area (Å²) in [6.45, 7) is 5.43. The van der Waals surface area contributed by atoms with Crippen LogP contribution in [0.4, 0.5) is 5.69 Å². The van der Waals surface area contributed by atoms with Crippen LogP contribution in [0.25, 0.3) is 0 Å². The zero-order valence-corrected chi connectivity index (χ0v) is 10.3. The monoisotopic (exact) mass is 223 g/mol. The van der Waals surface area contributed by atoms with Crippen LogP contribution in [0.2, 0.25) is 0 Å². The van der Waals surface area contributed by atoms with Gasteiger partial charge in [-0.2, -0.15) is 0 Å². The van der Waals surface area contributed by atoms with Crippen LogP contribution in [-0.4, -0.2) is 6.54 Å². The fourth-order valence-corrected chi connectivity index (χ4v) is 2.66. The van der Waals surface area contributed by atoms with Gasteiger partial charge in [0, 0.05) is 17.6 Å². The van der Waals surface area contributed by atoms with Gasteiger partial charge in [0.2, 0.25) is 0 Å². The first-order valence-electron chi connectivity index (χ1n) is 6.11. The Morgan fingerprint density at radius 1 is 1.00 bits per heavy atom. The van der Waals surface area contributed by atoms with Crippen LogP contribution in [0.5, 0.6) is 0 Å². The fourth-order valence-electron chi connectivity index (χ4n) is 2.66. The smallest absolute Gasteiger partial charge is 0.0382 e. The summed E-state index contributed by atoms with van der Waals surface area (Å²) in [5.41, 5.74) is 5.49. The number of fused-ring (bicyclic) bond motifs is 1. The van der Waals surface area contributed by atoms with Crippen molar-refractivity contribution in [2.45, 2.75) is 19.3 Å². The van der Waals surface area contributed by atoms with E-state index in [9.17, 15) is 0 Å². The average molecular weight is 223 g/mol. The number of nitrogens with one attached hydrogen (secondary N) is 1. The molecule has 0 aromatic heterocycles. The van der Waals surface area contributed by atoms with Crippen LogP contribution < -0.4 is 5.32 Å². The zero-order valence-electron chi connectivity index (χ0n) is 10.3. The molecule has 2 aromatic rings. The van der Waals surface area contributed by atoms with E-state index in [2.05, 4.69) is 67.7 Å². The Morgan fingerprint density at radius 3 is 2.47 bits per heavy atom. The quantitative estimate of drug-likeness (QED) is 0.776. The predicted molar refractivity (Wildman–Crippen MR) is 72.6 cm³/mol. The van der Waals surface area contributed by atoms with Gasteiger partial charge in [0.1, 0.15) is 0 Å². The van der Waals surface area contributed by atoms with Crippen molar-refractivity contribution in [2.75, 3.05) is 11.9 Å². The van der Waals surface area contributed by atoms with Gasteiger partial charge in [-0.15, -0.1) is 0 Å². The lowest BCUT2D eigenvalue weighted by Crippen LogP contribution is -2.25. The van der Waals surface area contributed by atoms with Gasteiger partial charge in [-0.25, -0.2) is 0 Å². The first kappa shape index (κ1) is 10.4. The van der Waals surface area contributed by atoms with Crippen LogP contribution in [0, 0.1) is 6.92 Å². The van der Waals surface area contributed by atoms with Crippen LogP contribution in [0.3, 0.4) is 0 Å². The van der Waals surface area contributed by atoms with Crippen LogP contribution in [0.1, 0.15) is 23.6 Å². The van der Waals surface area contributed by atoms with E-state index < -0.39 is 0 Å². The Kier molecular flexibility index (Phi) is 2.22. The Morgan fingerprint density at radius 2 is 1.71 bits per heavy atom. The second-order valence-electron chi connectivity index (χ2n) is 5.10. The lowest BCUT2D eigenvalue weighted by Gasteiger charge is -2.25. The second-order valence-corrected chi connectivity index (χ2v) is 5.10. The highest BCUT2D eigenvalue weighted by Gasteiger charge is 2.35. The summed E-state index contributed by atoms with van der Waals surface area (Å²) in [6.07, 6.45) is 0. The molecule has 3 rings (SSSR count). The molecule has 1 atom stereocenters. The van der Waals surface area contributed by atoms with Crippen molar-refractivity contribution in [3.8, 4) is 0 Å². The molecule has 1 nitrogen and oxygen atoms in total. The largest absolute Gasteiger partial charge is 0.384 e. The van der Waals surface area contributed by atoms with Gasteiger partial charge in [0.15, 0.2) is 0 Å². The molecule has 1 aliphatic heterocycles. The molecule has 1 heterocycles. The Bertz CT molecular complexity index is 542. The maximum atomic E-state index is 3.50. The van der Waals surface area contributed by atoms with Gasteiger partial charge in [0.05, 0.1) is 0 Å². The second kappa shape index (κ2) is 3.63. The summed E-state index contributed by atoms with van der Waals surface area (Å²) in [6, 6.07) is 17.5. The van der Waals surface area contributed by atoms with Crippen molar-refractivity contribution in [3.63, 3.8) is 0 Å². The van der Waals surface area contributed by atoms with E-state index in [4.69, 9.17) is 0 Å². The third-order valence-corrected chi connectivity index (χ3v) is 3.84. The standard InChI is InChI=1S/C16H17N/c1-12-7-9-13(10-8-12)16(2)11-17-15-6-4-3-5-14(15)16/h3-10,17H,11H2,1-2H3. The minimum Gasteiger partial charge on any atom is -0.384 e. The fraction of sp³-hybridized carbons (Fsp3) is 0.250. The number of aryl methyl sites for hydroxylation is 1. The summed E-state index contributed by atoms with van der Waals surface area (Å²) < 4.78 is 0. The van der Waals surface area contributed by atoms with Crippen LogP contribution in [0.15, 0.2) is 48.5 Å². The lowest BCUT2D eigenvalue weighted by molar-refractivity contribution is 0.635. The van der Waals surface area contributed by atoms with Crippen molar-refractivity contribution in [2.24, 2.45) is 0 Å². The van der Waals surface area contributed by atoms with E-state index in [-0.39, 0.29) is 5.41 Å². The van der Waals surface area contributed by atoms with Crippen molar-refractivity contribution >= 4 is 5.69 Å². The minimum atomic E-state index is 0.101. The van der Waals surface area contributed by atoms with E-state index in [1.165, 1.54) is 22.4 Å². The molecular weight excluding hydrogens is 206 g/mol. The summed E-state index contributed by atoms with van der Waals surface area (Å²) in [5.74, 6) is 0. The van der Waals surface area contributed by atoms with E-state index in [0.29, 0.717) is 0 Å². The highest BCUT2D eigenvalue weighted by Crippen LogP contribution is 2.41. The van der Waals surface area contributed by atoms with E-state index in [0.717, 1.165) is 6.54 Å². The van der Waals surface area contributed by atoms with E-state index in [1.807, 2.05) is 0 Å². The Hall–Kier alpha value is -1.76. The number of hydrogen-bond acceptors (Lipinski definition) is 1. The highest BCUT2D eigenvalue weighted by atomic mass is 14.9. The first-order chi connectivity index (χ1) is 8.20. The Balaban J connectivity index is 2.12. The lowest BCUT2D eigenvalue weighted by atomic mass is 9.78. The molecule has 86 valence electrons. The topological polar surface area (TPSA) is 12.0 Å². The predicted octanol–water partition coefficient (Wildman–Crippen LogP) is 3.73. The molecule has 0 spiro atoms. The molecule has 0 bridgehead atoms. The number of anilines is 1. The number of para-hydroxylation sites is 1. The number of benzene rings is 2. The van der Waals surface area contributed by atoms with Gasteiger partial charge in [0.25, 0.3) is 0 Å². The summed E-state index contributed by atoms with van der Waals surface area (Å²) in [7, 11) is 0. The number of rotatable bonds is 1. The van der Waals surface area contributed by atoms with E-state index >= 15 is 0 Å². The Labute approximate surface area is 102 Å². The maximum Gasteiger partial charge on any atom is 0.0382 e. The van der Waals surface area contributed by atoms with E-state index in [1.54, 1.807) is 0 Å². The SMILES string of the molecule is Cc1ccc(C2(C)CNc3ccccc32)cc1. The molecule has 1 heteroatoms. The third kappa shape index (κ3) is 1.54. The van der Waals surface area contributed by atoms with Crippen molar-refractivity contribution in [1.29, 1.82) is 0 Å². The average Bonchev–Trinajstić information content (AvgIpc) is 2.70. The molecule has 0 aliphatic carbocycles. The summed E-state index contributed by atoms with van der Waals surface area (Å²) in [5, 5.41) is 3.50. The van der Waals surface area contributed by atoms with Crippen LogP contribution in [-0.2, 0) is 5.41 Å². The molecular formula is C16H17N. The molecule has 1 unspecified atom stereocenters. The van der Waals surface area contributed by atoms with Gasteiger partial charge >= 0.3 is 0 Å². The molecule has 0 amide bonds. The normalized spacial score (nSPS) is 22.0. The van der Waals surface area contributed by atoms with Gasteiger partial charge in [-0.3, -0.25) is 0 Å². The van der Waals surface area contributed by atoms with Crippen molar-refractivity contribution in [3.05, 3.63) is 65.2 Å². The van der Waals surface area contributed by atoms with Gasteiger partial charge in [-0.05, 0) is 31.0 Å². The highest BCUT2D eigenvalue weighted by molar-refractivity contribution is 5.63. The van der Waals surface area contributed by atoms with Crippen molar-refractivity contribution in [1.82, 2.24) is 0 Å². The molecule has 0 saturated carbocycles. The zero-order chi connectivity index (χ0) is 11.9. The minimum absolute atomic E-state index is 0.101. The van der Waals surface area contributed by atoms with Crippen LogP contribution >= 0.6 is 0 Å². The molecule has 1 aliphatic rings. The molecule has 0 radical (unpaired) electrons. The summed E-state index contributed by atoms with van der Waals surface area (Å²) in [4.78, 5) is 0. The summed E-state index contributed by atoms with van der Waals surface area (Å²) >= 11 is 0. The maximum absolute atomic E-state index is 3.50. The molecule has 0 saturated heterocycles. The number of hydrogen-bond donors (Lipinski definition) is 1.